The molecule has 0 amide bonds. The zero-order chi connectivity index (χ0) is 7.61. The summed E-state index contributed by atoms with van der Waals surface area (Å²) in [5, 5.41) is 0. The zero-order valence-electron chi connectivity index (χ0n) is 5.24. The largest absolute Gasteiger partial charge is 0.394 e. The fraction of sp³-hybridized carbons (Fsp3) is 0.143. The first kappa shape index (κ1) is 9.01. The van der Waals surface area contributed by atoms with Gasteiger partial charge >= 0.3 is 6.18 Å². The Labute approximate surface area is 56.3 Å². The van der Waals surface area contributed by atoms with Gasteiger partial charge in [0.05, 0.1) is 0 Å². The molecule has 0 atom stereocenters. The molecule has 0 heterocycles. The first-order valence-corrected chi connectivity index (χ1v) is 2.64. The fourth-order valence-electron chi connectivity index (χ4n) is 0.576. The van der Waals surface area contributed by atoms with Crippen molar-refractivity contribution < 1.29 is 13.2 Å². The van der Waals surface area contributed by atoms with E-state index in [0.29, 0.717) is 0 Å². The van der Waals surface area contributed by atoms with E-state index in [9.17, 15) is 13.2 Å². The number of alkyl halides is 3. The Morgan fingerprint density at radius 3 is 1.82 bits per heavy atom. The van der Waals surface area contributed by atoms with Crippen LogP contribution in [0.3, 0.4) is 0 Å². The second-order valence-electron chi connectivity index (χ2n) is 1.79. The number of hydrogen-bond acceptors (Lipinski definition) is 0. The van der Waals surface area contributed by atoms with Gasteiger partial charge in [-0.05, 0) is 0 Å². The van der Waals surface area contributed by atoms with Gasteiger partial charge in [0.15, 0.2) is 0 Å². The van der Waals surface area contributed by atoms with Crippen molar-refractivity contribution in [1.29, 1.82) is 0 Å². The van der Waals surface area contributed by atoms with E-state index >= 15 is 0 Å². The Kier molecular flexibility index (Phi) is 2.24. The minimum atomic E-state index is -4.23. The third-order valence-electron chi connectivity index (χ3n) is 1.05. The molecule has 0 saturated heterocycles. The predicted octanol–water partition coefficient (Wildman–Crippen LogP) is 2.51. The number of rotatable bonds is 0. The molecular weight excluding hydrogens is 393 g/mol. The average molecular weight is 397 g/mol. The van der Waals surface area contributed by atoms with Crippen LogP contribution in [0.4, 0.5) is 13.2 Å². The molecule has 4 heteroatoms. The first-order chi connectivity index (χ1) is 4.61. The van der Waals surface area contributed by atoms with Gasteiger partial charge in [-0.15, -0.1) is 0 Å². The Balaban J connectivity index is 0.000001000. The topological polar surface area (TPSA) is 0 Å². The van der Waals surface area contributed by atoms with Crippen molar-refractivity contribution in [2.45, 2.75) is 6.18 Å². The van der Waals surface area contributed by atoms with E-state index in [1.54, 1.807) is 0 Å². The smallest absolute Gasteiger partial charge is 0.184 e. The second kappa shape index (κ2) is 2.73. The maximum atomic E-state index is 11.8. The molecule has 1 rings (SSSR count). The van der Waals surface area contributed by atoms with Crippen molar-refractivity contribution in [2.75, 3.05) is 0 Å². The van der Waals surface area contributed by atoms with Gasteiger partial charge in [0.25, 0.3) is 0 Å². The quantitative estimate of drug-likeness (QED) is 0.591. The molecule has 1 radical (unpaired) electrons. The van der Waals surface area contributed by atoms with Gasteiger partial charge in [-0.1, -0.05) is 5.56 Å². The molecule has 0 N–H and O–H groups in total. The van der Waals surface area contributed by atoms with Crippen molar-refractivity contribution in [1.82, 2.24) is 0 Å². The van der Waals surface area contributed by atoms with Gasteiger partial charge in [-0.2, -0.15) is 43.5 Å². The average Bonchev–Trinajstić information content (AvgIpc) is 1.88. The third-order valence-corrected chi connectivity index (χ3v) is 1.05. The summed E-state index contributed by atoms with van der Waals surface area (Å²) >= 11 is 0. The van der Waals surface area contributed by atoms with Crippen LogP contribution in [0.25, 0.3) is 0 Å². The number of benzene rings is 1. The van der Waals surface area contributed by atoms with Crippen LogP contribution in [0.2, 0.25) is 0 Å². The SMILES string of the molecule is FC(F)(F)c1cc[c-]cc1.[Es]. The van der Waals surface area contributed by atoms with Crippen molar-refractivity contribution in [2.24, 2.45) is 0 Å². The Morgan fingerprint density at radius 2 is 1.55 bits per heavy atom. The molecule has 0 aliphatic rings. The van der Waals surface area contributed by atoms with E-state index in [0.717, 1.165) is 12.1 Å². The van der Waals surface area contributed by atoms with Crippen LogP contribution in [0, 0.1) is 6.07 Å². The van der Waals surface area contributed by atoms with E-state index in [-0.39, 0.29) is 0 Å². The van der Waals surface area contributed by atoms with Gasteiger partial charge < -0.3 is 0 Å². The molecule has 0 bridgehead atoms. The molecule has 65 valence electrons. The summed E-state index contributed by atoms with van der Waals surface area (Å²) in [6, 6.07) is 6.95. The Bertz CT molecular complexity index is 205. The molecule has 0 spiro atoms. The van der Waals surface area contributed by atoms with Crippen LogP contribution in [0.1, 0.15) is 5.56 Å². The molecule has 1 aromatic rings. The van der Waals surface area contributed by atoms with Crippen LogP contribution in [0.5, 0.6) is 0 Å². The van der Waals surface area contributed by atoms with Crippen LogP contribution in [0.15, 0.2) is 24.3 Å². The summed E-state index contributed by atoms with van der Waals surface area (Å²) in [6.45, 7) is 0. The van der Waals surface area contributed by atoms with Crippen LogP contribution in [-0.2, 0) is 6.18 Å². The van der Waals surface area contributed by atoms with Gasteiger partial charge in [0, 0.05) is 0 Å². The maximum Gasteiger partial charge on any atom is 0.394 e. The molecule has 0 aliphatic carbocycles. The summed E-state index contributed by atoms with van der Waals surface area (Å²) in [4.78, 5) is 0. The summed E-state index contributed by atoms with van der Waals surface area (Å²) in [5.41, 5.74) is -0.633. The third kappa shape index (κ3) is 2.01. The first-order valence-electron chi connectivity index (χ1n) is 2.64. The number of halogens is 3. The van der Waals surface area contributed by atoms with E-state index in [2.05, 4.69) is 6.07 Å². The molecular formula is C7H4EsF3-. The minimum absolute atomic E-state index is 0. The van der Waals surface area contributed by atoms with Gasteiger partial charge in [0.1, 0.15) is 0 Å². The molecule has 0 unspecified atom stereocenters. The maximum absolute atomic E-state index is 11.8. The van der Waals surface area contributed by atoms with E-state index < -0.39 is 11.7 Å². The van der Waals surface area contributed by atoms with Crippen molar-refractivity contribution in [3.05, 3.63) is 35.9 Å². The number of hydrogen-bond donors (Lipinski definition) is 0. The van der Waals surface area contributed by atoms with Gasteiger partial charge in [-0.25, -0.2) is 0 Å². The minimum Gasteiger partial charge on any atom is -0.184 e. The van der Waals surface area contributed by atoms with Crippen molar-refractivity contribution in [3.8, 4) is 0 Å². The van der Waals surface area contributed by atoms with E-state index in [4.69, 9.17) is 0 Å². The summed E-state index contributed by atoms with van der Waals surface area (Å²) in [7, 11) is 0. The fourth-order valence-corrected chi connectivity index (χ4v) is 0.576. The molecule has 0 saturated carbocycles. The predicted molar refractivity (Wildman–Crippen MR) is 30.3 cm³/mol. The normalized spacial score (nSPS) is 10.5. The van der Waals surface area contributed by atoms with Crippen LogP contribution in [-0.4, -0.2) is 0 Å². The standard InChI is InChI=1S/C7H4F3.Es/c8-7(9,10)6-4-2-1-3-5-6;/h2-5H;/q-1;. The van der Waals surface area contributed by atoms with E-state index in [1.165, 1.54) is 12.1 Å². The molecule has 0 fully saturated rings. The summed E-state index contributed by atoms with van der Waals surface area (Å²) in [6.07, 6.45) is -4.23. The van der Waals surface area contributed by atoms with Crippen LogP contribution >= 0.6 is 0 Å². The molecule has 0 aliphatic heterocycles. The van der Waals surface area contributed by atoms with Crippen molar-refractivity contribution in [3.63, 3.8) is 0 Å². The Morgan fingerprint density at radius 1 is 1.09 bits per heavy atom. The van der Waals surface area contributed by atoms with Gasteiger partial charge in [0.2, 0.25) is 0 Å². The second-order valence-corrected chi connectivity index (χ2v) is 1.79. The molecule has 0 aromatic heterocycles. The van der Waals surface area contributed by atoms with Gasteiger partial charge in [-0.3, -0.25) is 0 Å². The monoisotopic (exact) mass is 397 g/mol. The summed E-state index contributed by atoms with van der Waals surface area (Å²) in [5.74, 6) is 0. The van der Waals surface area contributed by atoms with Crippen molar-refractivity contribution >= 4 is 0 Å². The molecule has 1 aromatic carbocycles. The summed E-state index contributed by atoms with van der Waals surface area (Å²) < 4.78 is 35.3. The zero-order valence-corrected chi connectivity index (χ0v) is 7.76. The van der Waals surface area contributed by atoms with Crippen LogP contribution < -0.4 is 0 Å². The molecule has 0 nitrogen and oxygen atoms in total. The Hall–Kier alpha value is -1.99. The van der Waals surface area contributed by atoms with E-state index in [1.807, 2.05) is 0 Å². The molecule has 11 heavy (non-hydrogen) atoms.